The first-order valence-electron chi connectivity index (χ1n) is 22.4. The predicted molar refractivity (Wildman–Crippen MR) is 237 cm³/mol. The van der Waals surface area contributed by atoms with Crippen LogP contribution in [0.5, 0.6) is 0 Å². The molecule has 360 valence electrons. The van der Waals surface area contributed by atoms with Crippen molar-refractivity contribution >= 4 is 36.1 Å². The van der Waals surface area contributed by atoms with Crippen LogP contribution in [0.2, 0.25) is 0 Å². The van der Waals surface area contributed by atoms with Gasteiger partial charge in [0.1, 0.15) is 22.4 Å². The van der Waals surface area contributed by atoms with Gasteiger partial charge in [-0.15, -0.1) is 0 Å². The summed E-state index contributed by atoms with van der Waals surface area (Å²) in [4.78, 5) is 72.3. The van der Waals surface area contributed by atoms with E-state index in [0.29, 0.717) is 19.3 Å². The number of hydrogen-bond donors (Lipinski definition) is 2. The van der Waals surface area contributed by atoms with Gasteiger partial charge in [-0.1, -0.05) is 94.2 Å². The molecular formula is C49H74O15. The Labute approximate surface area is 379 Å². The minimum Gasteiger partial charge on any atom is -0.458 e. The molecule has 2 N–H and O–H groups in total. The summed E-state index contributed by atoms with van der Waals surface area (Å²) in [5.41, 5.74) is -11.0. The molecule has 1 aromatic rings. The Balaban J connectivity index is 2.38. The zero-order valence-corrected chi connectivity index (χ0v) is 40.4. The number of benzene rings is 1. The smallest absolute Gasteiger partial charge is 0.458 e. The van der Waals surface area contributed by atoms with E-state index in [9.17, 15) is 29.4 Å². The van der Waals surface area contributed by atoms with E-state index in [1.54, 1.807) is 20.8 Å². The number of esters is 4. The lowest BCUT2D eigenvalue weighted by molar-refractivity contribution is -0.375. The van der Waals surface area contributed by atoms with Crippen molar-refractivity contribution in [2.75, 3.05) is 0 Å². The van der Waals surface area contributed by atoms with E-state index >= 15 is 4.79 Å². The van der Waals surface area contributed by atoms with E-state index < -0.39 is 100 Å². The van der Waals surface area contributed by atoms with Gasteiger partial charge in [0.15, 0.2) is 12.2 Å². The number of rotatable bonds is 18. The van der Waals surface area contributed by atoms with Crippen molar-refractivity contribution in [1.29, 1.82) is 0 Å². The van der Waals surface area contributed by atoms with E-state index in [-0.39, 0.29) is 12.3 Å². The van der Waals surface area contributed by atoms with Crippen molar-refractivity contribution in [2.45, 2.75) is 212 Å². The molecule has 2 aliphatic rings. The number of aliphatic hydroxyl groups excluding tert-OH is 1. The van der Waals surface area contributed by atoms with Gasteiger partial charge in [-0.25, -0.2) is 19.2 Å². The monoisotopic (exact) mass is 903 g/mol. The average Bonchev–Trinajstić information content (AvgIpc) is 3.36. The summed E-state index contributed by atoms with van der Waals surface area (Å²) in [5, 5.41) is 24.6. The number of carbonyl (C=O) groups excluding carboxylic acids is 5. The zero-order valence-electron chi connectivity index (χ0n) is 40.4. The van der Waals surface area contributed by atoms with Crippen LogP contribution in [-0.2, 0) is 57.1 Å². The molecule has 0 amide bonds. The fourth-order valence-electron chi connectivity index (χ4n) is 7.19. The topological polar surface area (TPSA) is 200 Å². The second-order valence-electron chi connectivity index (χ2n) is 20.7. The maximum atomic E-state index is 15.2. The first-order valence-corrected chi connectivity index (χ1v) is 22.4. The summed E-state index contributed by atoms with van der Waals surface area (Å²) >= 11 is 0. The van der Waals surface area contributed by atoms with Crippen LogP contribution in [0.1, 0.15) is 154 Å². The van der Waals surface area contributed by atoms with Crippen LogP contribution < -0.4 is 0 Å². The van der Waals surface area contributed by atoms with Crippen LogP contribution in [0, 0.1) is 5.92 Å². The lowest BCUT2D eigenvalue weighted by atomic mass is 9.74. The van der Waals surface area contributed by atoms with Crippen molar-refractivity contribution in [1.82, 2.24) is 0 Å². The van der Waals surface area contributed by atoms with E-state index in [4.69, 9.17) is 37.9 Å². The first kappa shape index (κ1) is 54.0. The van der Waals surface area contributed by atoms with Crippen molar-refractivity contribution in [3.05, 3.63) is 54.1 Å². The Morgan fingerprint density at radius 3 is 1.86 bits per heavy atom. The molecule has 0 radical (unpaired) electrons. The maximum absolute atomic E-state index is 15.2. The second-order valence-corrected chi connectivity index (χ2v) is 20.7. The predicted octanol–water partition coefficient (Wildman–Crippen LogP) is 8.25. The third-order valence-electron chi connectivity index (χ3n) is 10.0. The highest BCUT2D eigenvalue weighted by Gasteiger charge is 2.88. The van der Waals surface area contributed by atoms with E-state index in [1.807, 2.05) is 56.3 Å². The molecule has 8 atom stereocenters. The Morgan fingerprint density at radius 1 is 0.734 bits per heavy atom. The fourth-order valence-corrected chi connectivity index (χ4v) is 7.19. The van der Waals surface area contributed by atoms with Crippen LogP contribution in [0.15, 0.2) is 48.6 Å². The Bertz CT molecular complexity index is 1810. The standard InChI is InChI=1S/C49H74O15/c1-15-16-17-18-22-30-35(51)57-37-36(58-42(55)63-46(12,13)14)47(31-24-29-34(50)32(2)25-23-28-33-26-20-19-21-27-33)59-38(39(52)60-43(3,4)5)48(56,40(53)61-44(6,7)8)49(37,64-47)41(54)62-45(9,10)11/h19-21,23-24,26-29,32,34,36-38,50,56H,15-18,22,25,30-31H2,1-14H3/b28-23+,29-24+/t32-,34-,36-,37-,38-,47+,48-,49+/m1/s1. The minimum atomic E-state index is -3.56. The number of hydrogen-bond acceptors (Lipinski definition) is 15. The van der Waals surface area contributed by atoms with Gasteiger partial charge >= 0.3 is 30.0 Å². The number of fused-ring (bicyclic) bond motifs is 2. The molecule has 0 unspecified atom stereocenters. The molecule has 2 heterocycles. The fraction of sp³-hybridized carbons (Fsp3) is 0.694. The SMILES string of the molecule is CCCCCCCC(=O)O[C@@H]1[C@@H](OC(=O)OC(C)(C)C)[C@@]2(C/C=C/[C@@H](O)[C@H](C)C/C=C/c3ccccc3)O[C@H](C(=O)OC(C)(C)C)[C@@](O)(C(=O)OC(C)(C)C)[C@]1(C(=O)OC(C)(C)C)O2. The van der Waals surface area contributed by atoms with Gasteiger partial charge in [0.05, 0.1) is 6.10 Å². The van der Waals surface area contributed by atoms with Gasteiger partial charge in [0.2, 0.25) is 17.5 Å². The average molecular weight is 903 g/mol. The molecule has 0 aliphatic carbocycles. The summed E-state index contributed by atoms with van der Waals surface area (Å²) in [6, 6.07) is 9.63. The minimum absolute atomic E-state index is 0.194. The Kier molecular flexibility index (Phi) is 18.0. The molecule has 64 heavy (non-hydrogen) atoms. The Hall–Kier alpha value is -4.31. The third kappa shape index (κ3) is 14.3. The van der Waals surface area contributed by atoms with Gasteiger partial charge in [0, 0.05) is 12.8 Å². The molecule has 2 aliphatic heterocycles. The molecule has 3 rings (SSSR count). The molecule has 2 fully saturated rings. The summed E-state index contributed by atoms with van der Waals surface area (Å²) in [6.45, 7) is 22.2. The van der Waals surface area contributed by atoms with Crippen molar-refractivity contribution in [3.8, 4) is 0 Å². The van der Waals surface area contributed by atoms with Crippen LogP contribution in [0.4, 0.5) is 4.79 Å². The van der Waals surface area contributed by atoms with Gasteiger partial charge < -0.3 is 48.1 Å². The number of unbranched alkanes of at least 4 members (excludes halogenated alkanes) is 4. The normalized spacial score (nSPS) is 26.0. The zero-order chi connectivity index (χ0) is 48.5. The number of ether oxygens (including phenoxy) is 8. The Morgan fingerprint density at radius 2 is 1.30 bits per heavy atom. The third-order valence-corrected chi connectivity index (χ3v) is 10.0. The second kappa shape index (κ2) is 21.3. The molecule has 2 bridgehead atoms. The lowest BCUT2D eigenvalue weighted by Crippen LogP contribution is -2.79. The molecule has 0 aromatic heterocycles. The van der Waals surface area contributed by atoms with Crippen LogP contribution in [-0.4, -0.2) is 104 Å². The first-order chi connectivity index (χ1) is 29.4. The van der Waals surface area contributed by atoms with Gasteiger partial charge in [-0.2, -0.15) is 0 Å². The van der Waals surface area contributed by atoms with Crippen LogP contribution >= 0.6 is 0 Å². The summed E-state index contributed by atoms with van der Waals surface area (Å²) < 4.78 is 48.0. The highest BCUT2D eigenvalue weighted by Crippen LogP contribution is 2.58. The lowest BCUT2D eigenvalue weighted by Gasteiger charge is -2.51. The van der Waals surface area contributed by atoms with Crippen molar-refractivity contribution < 1.29 is 72.1 Å². The van der Waals surface area contributed by atoms with Gasteiger partial charge in [0.25, 0.3) is 5.60 Å². The highest BCUT2D eigenvalue weighted by molar-refractivity contribution is 6.00. The maximum Gasteiger partial charge on any atom is 0.509 e. The van der Waals surface area contributed by atoms with Gasteiger partial charge in [-0.3, -0.25) is 4.79 Å². The van der Waals surface area contributed by atoms with Crippen LogP contribution in [0.25, 0.3) is 6.08 Å². The van der Waals surface area contributed by atoms with Crippen molar-refractivity contribution in [2.24, 2.45) is 5.92 Å². The number of allylic oxidation sites excluding steroid dienone is 1. The summed E-state index contributed by atoms with van der Waals surface area (Å²) in [7, 11) is 0. The molecule has 0 saturated carbocycles. The summed E-state index contributed by atoms with van der Waals surface area (Å²) in [6.07, 6.45) is 0.925. The van der Waals surface area contributed by atoms with Crippen LogP contribution in [0.3, 0.4) is 0 Å². The molecule has 2 saturated heterocycles. The highest BCUT2D eigenvalue weighted by atomic mass is 16.8. The number of aliphatic hydroxyl groups is 2. The molecular weight excluding hydrogens is 829 g/mol. The largest absolute Gasteiger partial charge is 0.509 e. The quantitative estimate of drug-likeness (QED) is 0.0617. The van der Waals surface area contributed by atoms with Crippen molar-refractivity contribution in [3.63, 3.8) is 0 Å². The van der Waals surface area contributed by atoms with Gasteiger partial charge in [-0.05, 0) is 107 Å². The summed E-state index contributed by atoms with van der Waals surface area (Å²) in [5.74, 6) is -8.23. The van der Waals surface area contributed by atoms with E-state index in [2.05, 4.69) is 0 Å². The molecule has 15 heteroatoms. The molecule has 0 spiro atoms. The number of carbonyl (C=O) groups is 5. The van der Waals surface area contributed by atoms with E-state index in [1.165, 1.54) is 74.5 Å². The van der Waals surface area contributed by atoms with E-state index in [0.717, 1.165) is 24.8 Å². The molecule has 15 nitrogen and oxygen atoms in total. The molecule has 1 aromatic carbocycles.